The van der Waals surface area contributed by atoms with Gasteiger partial charge in [0.1, 0.15) is 11.4 Å². The third-order valence-electron chi connectivity index (χ3n) is 1.47. The highest BCUT2D eigenvalue weighted by Gasteiger charge is 2.05. The average molecular weight is 182 g/mol. The Morgan fingerprint density at radius 2 is 2.23 bits per heavy atom. The van der Waals surface area contributed by atoms with Gasteiger partial charge in [-0.1, -0.05) is 0 Å². The minimum Gasteiger partial charge on any atom is -0.425 e. The third-order valence-corrected chi connectivity index (χ3v) is 1.47. The van der Waals surface area contributed by atoms with E-state index in [2.05, 4.69) is 5.32 Å². The molecule has 1 aromatic heterocycles. The van der Waals surface area contributed by atoms with E-state index < -0.39 is 5.63 Å². The molecule has 0 bridgehead atoms. The van der Waals surface area contributed by atoms with Gasteiger partial charge in [-0.15, -0.1) is 0 Å². The van der Waals surface area contributed by atoms with Crippen molar-refractivity contribution < 1.29 is 9.21 Å². The molecule has 0 fully saturated rings. The number of carbonyl (C=O) groups excluding carboxylic acids is 1. The molecule has 0 saturated carbocycles. The highest BCUT2D eigenvalue weighted by atomic mass is 16.4. The normalized spacial score (nSPS) is 9.69. The minimum absolute atomic E-state index is 0.0191. The number of aryl methyl sites for hydroxylation is 1. The highest BCUT2D eigenvalue weighted by molar-refractivity contribution is 5.89. The Morgan fingerprint density at radius 3 is 2.77 bits per heavy atom. The molecule has 1 amide bonds. The lowest BCUT2D eigenvalue weighted by Crippen LogP contribution is -2.12. The fourth-order valence-electron chi connectivity index (χ4n) is 0.883. The van der Waals surface area contributed by atoms with Crippen LogP contribution in [-0.4, -0.2) is 5.91 Å². The molecule has 3 N–H and O–H groups in total. The van der Waals surface area contributed by atoms with Crippen molar-refractivity contribution in [3.8, 4) is 0 Å². The zero-order valence-electron chi connectivity index (χ0n) is 7.38. The van der Waals surface area contributed by atoms with Crippen LogP contribution in [0.4, 0.5) is 11.4 Å². The molecule has 13 heavy (non-hydrogen) atoms. The zero-order valence-corrected chi connectivity index (χ0v) is 7.38. The summed E-state index contributed by atoms with van der Waals surface area (Å²) >= 11 is 0. The Balaban J connectivity index is 3.16. The van der Waals surface area contributed by atoms with Gasteiger partial charge in [-0.05, 0) is 13.0 Å². The van der Waals surface area contributed by atoms with Gasteiger partial charge in [0.15, 0.2) is 0 Å². The molecule has 0 atom stereocenters. The molecule has 0 aliphatic carbocycles. The monoisotopic (exact) mass is 182 g/mol. The van der Waals surface area contributed by atoms with E-state index in [1.807, 2.05) is 0 Å². The lowest BCUT2D eigenvalue weighted by atomic mass is 10.3. The molecule has 1 heterocycles. The number of anilines is 2. The summed E-state index contributed by atoms with van der Waals surface area (Å²) in [5.74, 6) is 0.103. The first-order chi connectivity index (χ1) is 6.00. The largest absolute Gasteiger partial charge is 0.425 e. The maximum atomic E-state index is 10.9. The zero-order chi connectivity index (χ0) is 10.0. The van der Waals surface area contributed by atoms with Crippen molar-refractivity contribution in [1.29, 1.82) is 0 Å². The lowest BCUT2D eigenvalue weighted by Gasteiger charge is -2.04. The highest BCUT2D eigenvalue weighted by Crippen LogP contribution is 2.14. The molecular formula is C8H10N2O3. The maximum Gasteiger partial charge on any atom is 0.359 e. The summed E-state index contributed by atoms with van der Waals surface area (Å²) in [6, 6.07) is 1.38. The average Bonchev–Trinajstić information content (AvgIpc) is 1.99. The van der Waals surface area contributed by atoms with Crippen molar-refractivity contribution in [3.05, 3.63) is 22.2 Å². The first-order valence-electron chi connectivity index (χ1n) is 3.68. The van der Waals surface area contributed by atoms with Crippen LogP contribution in [0.1, 0.15) is 12.7 Å². The molecule has 0 aromatic carbocycles. The summed E-state index contributed by atoms with van der Waals surface area (Å²) in [5.41, 5.74) is 5.12. The van der Waals surface area contributed by atoms with Crippen LogP contribution in [0.25, 0.3) is 0 Å². The van der Waals surface area contributed by atoms with Gasteiger partial charge in [-0.2, -0.15) is 0 Å². The Labute approximate surface area is 74.5 Å². The molecule has 0 unspecified atom stereocenters. The predicted octanol–water partition coefficient (Wildman–Crippen LogP) is 0.489. The van der Waals surface area contributed by atoms with Crippen LogP contribution in [0.15, 0.2) is 15.3 Å². The van der Waals surface area contributed by atoms with Crippen molar-refractivity contribution in [3.63, 3.8) is 0 Å². The first-order valence-corrected chi connectivity index (χ1v) is 3.68. The number of nitrogen functional groups attached to an aromatic ring is 1. The molecular weight excluding hydrogens is 172 g/mol. The van der Waals surface area contributed by atoms with Gasteiger partial charge in [0.25, 0.3) is 0 Å². The number of nitrogens with two attached hydrogens (primary N) is 1. The number of hydrogen-bond acceptors (Lipinski definition) is 4. The number of rotatable bonds is 1. The van der Waals surface area contributed by atoms with Gasteiger partial charge in [-0.25, -0.2) is 4.79 Å². The summed E-state index contributed by atoms with van der Waals surface area (Å²) in [7, 11) is 0. The second kappa shape index (κ2) is 3.30. The van der Waals surface area contributed by atoms with Crippen molar-refractivity contribution in [2.24, 2.45) is 0 Å². The fraction of sp³-hybridized carbons (Fsp3) is 0.250. The van der Waals surface area contributed by atoms with Crippen LogP contribution < -0.4 is 16.7 Å². The Hall–Kier alpha value is -1.78. The molecule has 0 spiro atoms. The lowest BCUT2D eigenvalue weighted by molar-refractivity contribution is -0.114. The molecule has 1 aromatic rings. The summed E-state index contributed by atoms with van der Waals surface area (Å²) in [6.45, 7) is 2.94. The van der Waals surface area contributed by atoms with E-state index in [0.717, 1.165) is 0 Å². The molecule has 0 saturated heterocycles. The van der Waals surface area contributed by atoms with E-state index in [1.165, 1.54) is 13.0 Å². The van der Waals surface area contributed by atoms with E-state index in [1.54, 1.807) is 6.92 Å². The third kappa shape index (κ3) is 2.08. The van der Waals surface area contributed by atoms with Gasteiger partial charge >= 0.3 is 5.63 Å². The van der Waals surface area contributed by atoms with E-state index in [9.17, 15) is 9.59 Å². The van der Waals surface area contributed by atoms with Crippen molar-refractivity contribution >= 4 is 17.3 Å². The van der Waals surface area contributed by atoms with E-state index in [-0.39, 0.29) is 11.6 Å². The van der Waals surface area contributed by atoms with Gasteiger partial charge < -0.3 is 15.5 Å². The minimum atomic E-state index is -0.591. The predicted molar refractivity (Wildman–Crippen MR) is 48.4 cm³/mol. The van der Waals surface area contributed by atoms with Gasteiger partial charge in [0.05, 0.1) is 5.69 Å². The van der Waals surface area contributed by atoms with Crippen molar-refractivity contribution in [1.82, 2.24) is 0 Å². The first kappa shape index (κ1) is 9.31. The van der Waals surface area contributed by atoms with E-state index in [0.29, 0.717) is 11.4 Å². The Bertz CT molecular complexity index is 395. The van der Waals surface area contributed by atoms with Gasteiger partial charge in [0, 0.05) is 6.92 Å². The van der Waals surface area contributed by atoms with Crippen LogP contribution in [-0.2, 0) is 4.79 Å². The molecule has 0 radical (unpaired) electrons. The molecule has 5 heteroatoms. The molecule has 0 aliphatic heterocycles. The summed E-state index contributed by atoms with van der Waals surface area (Å²) in [4.78, 5) is 21.6. The van der Waals surface area contributed by atoms with Crippen molar-refractivity contribution in [2.75, 3.05) is 11.1 Å². The summed E-state index contributed by atoms with van der Waals surface area (Å²) in [6.07, 6.45) is 0. The Kier molecular flexibility index (Phi) is 2.36. The number of nitrogens with one attached hydrogen (secondary N) is 1. The summed E-state index contributed by atoms with van der Waals surface area (Å²) < 4.78 is 4.74. The Morgan fingerprint density at radius 1 is 1.62 bits per heavy atom. The smallest absolute Gasteiger partial charge is 0.359 e. The standard InChI is InChI=1S/C8H10N2O3/c1-4-7(10-5(2)11)3-6(9)8(12)13-4/h3H,9H2,1-2H3,(H,10,11). The second-order valence-corrected chi connectivity index (χ2v) is 2.64. The van der Waals surface area contributed by atoms with Crippen LogP contribution in [0, 0.1) is 6.92 Å². The SMILES string of the molecule is CC(=O)Nc1cc(N)c(=O)oc1C. The number of hydrogen-bond donors (Lipinski definition) is 2. The van der Waals surface area contributed by atoms with Gasteiger partial charge in [0.2, 0.25) is 5.91 Å². The maximum absolute atomic E-state index is 10.9. The molecule has 5 nitrogen and oxygen atoms in total. The molecule has 70 valence electrons. The number of amides is 1. The second-order valence-electron chi connectivity index (χ2n) is 2.64. The molecule has 0 aliphatic rings. The summed E-state index contributed by atoms with van der Waals surface area (Å²) in [5, 5.41) is 2.49. The van der Waals surface area contributed by atoms with Crippen LogP contribution >= 0.6 is 0 Å². The van der Waals surface area contributed by atoms with Crippen LogP contribution in [0.5, 0.6) is 0 Å². The van der Waals surface area contributed by atoms with E-state index >= 15 is 0 Å². The fourth-order valence-corrected chi connectivity index (χ4v) is 0.883. The van der Waals surface area contributed by atoms with Crippen LogP contribution in [0.2, 0.25) is 0 Å². The van der Waals surface area contributed by atoms with Gasteiger partial charge in [-0.3, -0.25) is 4.79 Å². The topological polar surface area (TPSA) is 85.3 Å². The van der Waals surface area contributed by atoms with Crippen LogP contribution in [0.3, 0.4) is 0 Å². The quantitative estimate of drug-likeness (QED) is 0.661. The van der Waals surface area contributed by atoms with E-state index in [4.69, 9.17) is 10.2 Å². The van der Waals surface area contributed by atoms with Crippen molar-refractivity contribution in [2.45, 2.75) is 13.8 Å². The molecule has 1 rings (SSSR count). The number of carbonyl (C=O) groups is 1.